The van der Waals surface area contributed by atoms with E-state index in [0.717, 1.165) is 36.8 Å². The molecule has 6 heteroatoms. The smallest absolute Gasteiger partial charge is 0.191 e. The van der Waals surface area contributed by atoms with Crippen LogP contribution in [0.1, 0.15) is 19.4 Å². The number of nitrogens with one attached hydrogen (secondary N) is 2. The Hall–Kier alpha value is -1.62. The molecule has 0 amide bonds. The van der Waals surface area contributed by atoms with Crippen molar-refractivity contribution in [2.75, 3.05) is 32.8 Å². The summed E-state index contributed by atoms with van der Waals surface area (Å²) in [5.74, 6) is 2.21. The Labute approximate surface area is 130 Å². The summed E-state index contributed by atoms with van der Waals surface area (Å²) in [6.07, 6.45) is 0.802. The van der Waals surface area contributed by atoms with Crippen LogP contribution in [0.15, 0.2) is 17.1 Å². The summed E-state index contributed by atoms with van der Waals surface area (Å²) < 4.78 is 11.1. The Balaban J connectivity index is 1.99. The zero-order chi connectivity index (χ0) is 15.1. The van der Waals surface area contributed by atoms with Crippen molar-refractivity contribution in [1.82, 2.24) is 10.6 Å². The van der Waals surface area contributed by atoms with Crippen molar-refractivity contribution >= 4 is 17.6 Å². The summed E-state index contributed by atoms with van der Waals surface area (Å²) in [5.41, 5.74) is 1.10. The Morgan fingerprint density at radius 2 is 1.90 bits per heavy atom. The highest BCUT2D eigenvalue weighted by Crippen LogP contribution is 2.38. The van der Waals surface area contributed by atoms with E-state index < -0.39 is 0 Å². The first-order valence-corrected chi connectivity index (χ1v) is 7.72. The summed E-state index contributed by atoms with van der Waals surface area (Å²) in [6.45, 7) is 7.59. The van der Waals surface area contributed by atoms with Gasteiger partial charge in [-0.25, -0.2) is 0 Å². The van der Waals surface area contributed by atoms with Crippen LogP contribution in [0.25, 0.3) is 0 Å². The van der Waals surface area contributed by atoms with E-state index in [9.17, 15) is 0 Å². The van der Waals surface area contributed by atoms with Crippen LogP contribution in [0.3, 0.4) is 0 Å². The van der Waals surface area contributed by atoms with E-state index in [0.29, 0.717) is 30.5 Å². The van der Waals surface area contributed by atoms with Crippen molar-refractivity contribution in [3.05, 3.63) is 22.7 Å². The molecule has 0 unspecified atom stereocenters. The number of aliphatic imine (C=N–C) groups is 1. The van der Waals surface area contributed by atoms with Crippen molar-refractivity contribution in [1.29, 1.82) is 0 Å². The molecule has 116 valence electrons. The zero-order valence-electron chi connectivity index (χ0n) is 12.5. The normalized spacial score (nSPS) is 12.7. The lowest BCUT2D eigenvalue weighted by molar-refractivity contribution is 0.171. The second-order valence-corrected chi connectivity index (χ2v) is 5.05. The van der Waals surface area contributed by atoms with Gasteiger partial charge in [-0.1, -0.05) is 11.6 Å². The summed E-state index contributed by atoms with van der Waals surface area (Å²) in [6, 6.07) is 3.90. The van der Waals surface area contributed by atoms with Crippen LogP contribution in [0, 0.1) is 0 Å². The molecule has 1 aliphatic rings. The maximum absolute atomic E-state index is 6.22. The van der Waals surface area contributed by atoms with Crippen molar-refractivity contribution in [3.8, 4) is 11.5 Å². The van der Waals surface area contributed by atoms with E-state index in [1.807, 2.05) is 26.0 Å². The van der Waals surface area contributed by atoms with Gasteiger partial charge in [0.25, 0.3) is 0 Å². The highest BCUT2D eigenvalue weighted by molar-refractivity contribution is 6.32. The summed E-state index contributed by atoms with van der Waals surface area (Å²) >= 11 is 6.22. The van der Waals surface area contributed by atoms with Crippen molar-refractivity contribution < 1.29 is 9.47 Å². The monoisotopic (exact) mass is 311 g/mol. The van der Waals surface area contributed by atoms with E-state index in [4.69, 9.17) is 21.1 Å². The van der Waals surface area contributed by atoms with Crippen molar-refractivity contribution in [3.63, 3.8) is 0 Å². The van der Waals surface area contributed by atoms with Crippen molar-refractivity contribution in [2.45, 2.75) is 20.3 Å². The third-order valence-electron chi connectivity index (χ3n) is 3.02. The average molecular weight is 312 g/mol. The number of guanidine groups is 1. The molecule has 1 heterocycles. The number of fused-ring (bicyclic) bond motifs is 1. The maximum atomic E-state index is 6.22. The average Bonchev–Trinajstić information content (AvgIpc) is 2.48. The molecule has 0 saturated heterocycles. The number of halogens is 1. The highest BCUT2D eigenvalue weighted by atomic mass is 35.5. The third kappa shape index (κ3) is 4.43. The molecule has 1 aromatic rings. The fourth-order valence-electron chi connectivity index (χ4n) is 2.11. The molecule has 1 aromatic carbocycles. The molecular formula is C15H22ClN3O2. The summed E-state index contributed by atoms with van der Waals surface area (Å²) in [5, 5.41) is 7.00. The van der Waals surface area contributed by atoms with E-state index in [-0.39, 0.29) is 0 Å². The molecule has 0 bridgehead atoms. The zero-order valence-corrected chi connectivity index (χ0v) is 13.3. The lowest BCUT2D eigenvalue weighted by Crippen LogP contribution is -2.37. The molecule has 0 saturated carbocycles. The molecule has 2 N–H and O–H groups in total. The molecule has 0 aromatic heterocycles. The molecule has 0 spiro atoms. The van der Waals surface area contributed by atoms with Gasteiger partial charge < -0.3 is 20.1 Å². The predicted octanol–water partition coefficient (Wildman–Crippen LogP) is 2.23. The van der Waals surface area contributed by atoms with Crippen LogP contribution < -0.4 is 20.1 Å². The van der Waals surface area contributed by atoms with Gasteiger partial charge in [-0.05, 0) is 38.0 Å². The van der Waals surface area contributed by atoms with E-state index in [2.05, 4.69) is 15.6 Å². The highest BCUT2D eigenvalue weighted by Gasteiger charge is 2.16. The first-order valence-electron chi connectivity index (χ1n) is 7.34. The lowest BCUT2D eigenvalue weighted by Gasteiger charge is -2.20. The van der Waals surface area contributed by atoms with Gasteiger partial charge in [-0.3, -0.25) is 4.99 Å². The molecule has 5 nitrogen and oxygen atoms in total. The van der Waals surface area contributed by atoms with Gasteiger partial charge in [-0.2, -0.15) is 0 Å². The Morgan fingerprint density at radius 1 is 1.19 bits per heavy atom. The van der Waals surface area contributed by atoms with Gasteiger partial charge in [0.15, 0.2) is 17.5 Å². The number of hydrogen-bond acceptors (Lipinski definition) is 3. The number of ether oxygens (including phenoxy) is 2. The topological polar surface area (TPSA) is 54.9 Å². The minimum absolute atomic E-state index is 0.547. The van der Waals surface area contributed by atoms with Gasteiger partial charge in [0.1, 0.15) is 13.2 Å². The minimum Gasteiger partial charge on any atom is -0.486 e. The van der Waals surface area contributed by atoms with E-state index >= 15 is 0 Å². The SMILES string of the molecule is CCNC(=NCCc1cc(Cl)c2c(c1)OCCO2)NCC. The van der Waals surface area contributed by atoms with Crippen molar-refractivity contribution in [2.24, 2.45) is 4.99 Å². The largest absolute Gasteiger partial charge is 0.486 e. The van der Waals surface area contributed by atoms with Gasteiger partial charge in [0.05, 0.1) is 5.02 Å². The summed E-state index contributed by atoms with van der Waals surface area (Å²) in [7, 11) is 0. The Kier molecular flexibility index (Phi) is 5.99. The van der Waals surface area contributed by atoms with E-state index in [1.54, 1.807) is 0 Å². The molecule has 0 aliphatic carbocycles. The first-order chi connectivity index (χ1) is 10.2. The fourth-order valence-corrected chi connectivity index (χ4v) is 2.40. The van der Waals surface area contributed by atoms with Gasteiger partial charge in [0.2, 0.25) is 0 Å². The predicted molar refractivity (Wildman–Crippen MR) is 85.8 cm³/mol. The summed E-state index contributed by atoms with van der Waals surface area (Å²) in [4.78, 5) is 4.52. The van der Waals surface area contributed by atoms with Crippen LogP contribution in [-0.2, 0) is 6.42 Å². The standard InChI is InChI=1S/C15H22ClN3O2/c1-3-17-15(18-4-2)19-6-5-11-9-12(16)14-13(10-11)20-7-8-21-14/h9-10H,3-8H2,1-2H3,(H2,17,18,19). The van der Waals surface area contributed by atoms with E-state index in [1.165, 1.54) is 0 Å². The second kappa shape index (κ2) is 7.98. The van der Waals surface area contributed by atoms with Gasteiger partial charge >= 0.3 is 0 Å². The molecule has 0 fully saturated rings. The Morgan fingerprint density at radius 3 is 2.62 bits per heavy atom. The van der Waals surface area contributed by atoms with Gasteiger partial charge in [-0.15, -0.1) is 0 Å². The number of benzene rings is 1. The molecule has 21 heavy (non-hydrogen) atoms. The Bertz CT molecular complexity index is 498. The minimum atomic E-state index is 0.547. The molecule has 1 aliphatic heterocycles. The number of rotatable bonds is 5. The van der Waals surface area contributed by atoms with Crippen LogP contribution >= 0.6 is 11.6 Å². The van der Waals surface area contributed by atoms with Crippen LogP contribution in [0.5, 0.6) is 11.5 Å². The van der Waals surface area contributed by atoms with Crippen LogP contribution in [0.2, 0.25) is 5.02 Å². The molecular weight excluding hydrogens is 290 g/mol. The third-order valence-corrected chi connectivity index (χ3v) is 3.30. The molecule has 2 rings (SSSR count). The van der Waals surface area contributed by atoms with Gasteiger partial charge in [0, 0.05) is 19.6 Å². The quantitative estimate of drug-likeness (QED) is 0.647. The number of nitrogens with zero attached hydrogens (tertiary/aromatic N) is 1. The first kappa shape index (κ1) is 15.8. The van der Waals surface area contributed by atoms with Crippen LogP contribution in [0.4, 0.5) is 0 Å². The molecule has 0 radical (unpaired) electrons. The number of hydrogen-bond donors (Lipinski definition) is 2. The maximum Gasteiger partial charge on any atom is 0.191 e. The second-order valence-electron chi connectivity index (χ2n) is 4.64. The molecule has 0 atom stereocenters. The fraction of sp³-hybridized carbons (Fsp3) is 0.533. The lowest BCUT2D eigenvalue weighted by atomic mass is 10.1. The van der Waals surface area contributed by atoms with Crippen LogP contribution in [-0.4, -0.2) is 38.8 Å².